The number of nitrogens with one attached hydrogen (secondary N) is 1. The standard InChI is InChI=1S/C19H24ClN3O3/c1-11(24)21-14-4-5-16(17(20)9-14)19(26)23(3)15-6-12-8-18(25)22(2)10-13(12)7-15/h4-5,9,12-13,15H,6-8,10H2,1-3H3,(H,21,24)/t12-,13+,15-/m0/s1. The molecule has 1 saturated carbocycles. The number of halogens is 1. The van der Waals surface area contributed by atoms with Crippen LogP contribution >= 0.6 is 11.6 Å². The van der Waals surface area contributed by atoms with E-state index in [0.29, 0.717) is 34.5 Å². The van der Waals surface area contributed by atoms with Gasteiger partial charge in [0.1, 0.15) is 0 Å². The van der Waals surface area contributed by atoms with Gasteiger partial charge in [0, 0.05) is 45.7 Å². The quantitative estimate of drug-likeness (QED) is 0.880. The van der Waals surface area contributed by atoms with Crippen LogP contribution in [0, 0.1) is 11.8 Å². The zero-order valence-corrected chi connectivity index (χ0v) is 16.0. The van der Waals surface area contributed by atoms with Gasteiger partial charge >= 0.3 is 0 Å². The summed E-state index contributed by atoms with van der Waals surface area (Å²) >= 11 is 6.27. The average Bonchev–Trinajstić information content (AvgIpc) is 2.96. The number of benzene rings is 1. The van der Waals surface area contributed by atoms with Crippen molar-refractivity contribution in [3.05, 3.63) is 28.8 Å². The Morgan fingerprint density at radius 1 is 1.27 bits per heavy atom. The molecule has 0 aromatic heterocycles. The van der Waals surface area contributed by atoms with Gasteiger partial charge in [0.15, 0.2) is 0 Å². The van der Waals surface area contributed by atoms with Crippen LogP contribution in [0.15, 0.2) is 18.2 Å². The summed E-state index contributed by atoms with van der Waals surface area (Å²) < 4.78 is 0. The van der Waals surface area contributed by atoms with E-state index < -0.39 is 0 Å². The van der Waals surface area contributed by atoms with Gasteiger partial charge in [-0.15, -0.1) is 0 Å². The van der Waals surface area contributed by atoms with Gasteiger partial charge in [0.2, 0.25) is 11.8 Å². The molecule has 0 radical (unpaired) electrons. The Morgan fingerprint density at radius 2 is 1.96 bits per heavy atom. The Balaban J connectivity index is 1.70. The molecule has 1 aromatic carbocycles. The number of rotatable bonds is 3. The maximum atomic E-state index is 12.9. The van der Waals surface area contributed by atoms with Crippen molar-refractivity contribution in [2.24, 2.45) is 11.8 Å². The first-order valence-electron chi connectivity index (χ1n) is 8.84. The minimum absolute atomic E-state index is 0.114. The molecule has 1 N–H and O–H groups in total. The van der Waals surface area contributed by atoms with Crippen molar-refractivity contribution >= 4 is 35.0 Å². The molecule has 3 amide bonds. The van der Waals surface area contributed by atoms with Crippen molar-refractivity contribution < 1.29 is 14.4 Å². The fourth-order valence-corrected chi connectivity index (χ4v) is 4.39. The van der Waals surface area contributed by atoms with E-state index in [1.165, 1.54) is 6.92 Å². The number of hydrogen-bond acceptors (Lipinski definition) is 3. The first-order valence-corrected chi connectivity index (χ1v) is 9.22. The largest absolute Gasteiger partial charge is 0.345 e. The molecule has 140 valence electrons. The summed E-state index contributed by atoms with van der Waals surface area (Å²) in [7, 11) is 3.64. The molecule has 0 spiro atoms. The molecule has 1 heterocycles. The Hall–Kier alpha value is -2.08. The van der Waals surface area contributed by atoms with Crippen molar-refractivity contribution in [2.75, 3.05) is 26.0 Å². The molecule has 6 nitrogen and oxygen atoms in total. The molecule has 1 saturated heterocycles. The van der Waals surface area contributed by atoms with E-state index in [1.807, 2.05) is 7.05 Å². The van der Waals surface area contributed by atoms with E-state index in [2.05, 4.69) is 5.32 Å². The van der Waals surface area contributed by atoms with E-state index in [9.17, 15) is 14.4 Å². The molecule has 3 rings (SSSR count). The van der Waals surface area contributed by atoms with Crippen molar-refractivity contribution in [1.82, 2.24) is 9.80 Å². The van der Waals surface area contributed by atoms with Crippen LogP contribution in [0.1, 0.15) is 36.5 Å². The molecule has 2 aliphatic rings. The van der Waals surface area contributed by atoms with Crippen molar-refractivity contribution in [3.8, 4) is 0 Å². The second kappa shape index (κ2) is 7.27. The lowest BCUT2D eigenvalue weighted by molar-refractivity contribution is -0.134. The van der Waals surface area contributed by atoms with Gasteiger partial charge in [-0.1, -0.05) is 11.6 Å². The lowest BCUT2D eigenvalue weighted by Gasteiger charge is -2.31. The van der Waals surface area contributed by atoms with Gasteiger partial charge in [-0.25, -0.2) is 0 Å². The van der Waals surface area contributed by atoms with Crippen LogP contribution in [0.2, 0.25) is 5.02 Å². The summed E-state index contributed by atoms with van der Waals surface area (Å²) in [6.07, 6.45) is 2.34. The highest BCUT2D eigenvalue weighted by Crippen LogP contribution is 2.40. The number of piperidine rings is 1. The fraction of sp³-hybridized carbons (Fsp3) is 0.526. The summed E-state index contributed by atoms with van der Waals surface area (Å²) in [4.78, 5) is 39.5. The van der Waals surface area contributed by atoms with Gasteiger partial charge in [0.25, 0.3) is 5.91 Å². The second-order valence-corrected chi connectivity index (χ2v) is 7.82. The Bertz CT molecular complexity index is 752. The molecule has 0 bridgehead atoms. The second-order valence-electron chi connectivity index (χ2n) is 7.42. The number of anilines is 1. The molecule has 26 heavy (non-hydrogen) atoms. The number of amides is 3. The zero-order valence-electron chi connectivity index (χ0n) is 15.3. The Labute approximate surface area is 158 Å². The van der Waals surface area contributed by atoms with E-state index in [-0.39, 0.29) is 23.8 Å². The molecule has 2 fully saturated rings. The number of fused-ring (bicyclic) bond motifs is 1. The average molecular weight is 378 g/mol. The zero-order chi connectivity index (χ0) is 19.0. The smallest absolute Gasteiger partial charge is 0.255 e. The molecule has 7 heteroatoms. The molecule has 1 aromatic rings. The van der Waals surface area contributed by atoms with Gasteiger partial charge in [-0.3, -0.25) is 14.4 Å². The number of carbonyl (C=O) groups is 3. The van der Waals surface area contributed by atoms with Crippen LogP contribution in [0.4, 0.5) is 5.69 Å². The lowest BCUT2D eigenvalue weighted by Crippen LogP contribution is -2.39. The van der Waals surface area contributed by atoms with E-state index in [0.717, 1.165) is 19.4 Å². The molecule has 1 aliphatic carbocycles. The van der Waals surface area contributed by atoms with Crippen LogP contribution in [-0.2, 0) is 9.59 Å². The van der Waals surface area contributed by atoms with Gasteiger partial charge in [-0.2, -0.15) is 0 Å². The number of likely N-dealkylation sites (tertiary alicyclic amines) is 1. The van der Waals surface area contributed by atoms with Crippen molar-refractivity contribution in [1.29, 1.82) is 0 Å². The predicted octanol–water partition coefficient (Wildman–Crippen LogP) is 2.63. The SMILES string of the molecule is CC(=O)Nc1ccc(C(=O)N(C)[C@H]2C[C@H]3CC(=O)N(C)C[C@H]3C2)c(Cl)c1. The maximum Gasteiger partial charge on any atom is 0.255 e. The third-order valence-electron chi connectivity index (χ3n) is 5.58. The van der Waals surface area contributed by atoms with Crippen LogP contribution in [0.3, 0.4) is 0 Å². The summed E-state index contributed by atoms with van der Waals surface area (Å²) in [6, 6.07) is 5.02. The topological polar surface area (TPSA) is 69.7 Å². The Morgan fingerprint density at radius 3 is 2.62 bits per heavy atom. The maximum absolute atomic E-state index is 12.9. The summed E-state index contributed by atoms with van der Waals surface area (Å²) in [6.45, 7) is 2.19. The van der Waals surface area contributed by atoms with Crippen LogP contribution in [0.25, 0.3) is 0 Å². The first kappa shape index (κ1) is 18.7. The Kier molecular flexibility index (Phi) is 5.23. The number of nitrogens with zero attached hydrogens (tertiary/aromatic N) is 2. The first-order chi connectivity index (χ1) is 12.3. The lowest BCUT2D eigenvalue weighted by atomic mass is 9.88. The van der Waals surface area contributed by atoms with E-state index >= 15 is 0 Å². The van der Waals surface area contributed by atoms with E-state index in [1.54, 1.807) is 35.0 Å². The van der Waals surface area contributed by atoms with Gasteiger partial charge in [-0.05, 0) is 42.9 Å². The number of carbonyl (C=O) groups excluding carboxylic acids is 3. The molecular weight excluding hydrogens is 354 g/mol. The number of hydrogen-bond donors (Lipinski definition) is 1. The molecular formula is C19H24ClN3O3. The third kappa shape index (κ3) is 3.70. The van der Waals surface area contributed by atoms with Crippen molar-refractivity contribution in [2.45, 2.75) is 32.2 Å². The summed E-state index contributed by atoms with van der Waals surface area (Å²) in [5.41, 5.74) is 0.987. The molecule has 1 aliphatic heterocycles. The monoisotopic (exact) mass is 377 g/mol. The highest BCUT2D eigenvalue weighted by Gasteiger charge is 2.42. The summed E-state index contributed by atoms with van der Waals surface area (Å²) in [5.74, 6) is 0.683. The minimum Gasteiger partial charge on any atom is -0.345 e. The molecule has 0 unspecified atom stereocenters. The highest BCUT2D eigenvalue weighted by atomic mass is 35.5. The normalized spacial score (nSPS) is 25.0. The summed E-state index contributed by atoms with van der Waals surface area (Å²) in [5, 5.41) is 2.97. The molecule has 3 atom stereocenters. The third-order valence-corrected chi connectivity index (χ3v) is 5.89. The minimum atomic E-state index is -0.190. The van der Waals surface area contributed by atoms with Gasteiger partial charge < -0.3 is 15.1 Å². The van der Waals surface area contributed by atoms with Gasteiger partial charge in [0.05, 0.1) is 10.6 Å². The van der Waals surface area contributed by atoms with Crippen LogP contribution in [0.5, 0.6) is 0 Å². The van der Waals surface area contributed by atoms with E-state index in [4.69, 9.17) is 11.6 Å². The van der Waals surface area contributed by atoms with Crippen molar-refractivity contribution in [3.63, 3.8) is 0 Å². The highest BCUT2D eigenvalue weighted by molar-refractivity contribution is 6.34. The van der Waals surface area contributed by atoms with Crippen LogP contribution < -0.4 is 5.32 Å². The predicted molar refractivity (Wildman–Crippen MR) is 100 cm³/mol. The fourth-order valence-electron chi connectivity index (χ4n) is 4.13. The van der Waals surface area contributed by atoms with Crippen LogP contribution in [-0.4, -0.2) is 54.2 Å².